The smallest absolute Gasteiger partial charge is 0.246 e. The Bertz CT molecular complexity index is 805. The maximum atomic E-state index is 13.0. The van der Waals surface area contributed by atoms with Crippen molar-refractivity contribution < 1.29 is 9.18 Å². The first-order chi connectivity index (χ1) is 13.5. The molecule has 6 nitrogen and oxygen atoms in total. The van der Waals surface area contributed by atoms with Crippen molar-refractivity contribution >= 4 is 17.9 Å². The molecule has 0 atom stereocenters. The van der Waals surface area contributed by atoms with Crippen LogP contribution in [0.25, 0.3) is 6.08 Å². The number of halogens is 1. The minimum atomic E-state index is -0.218. The second-order valence-corrected chi connectivity index (χ2v) is 7.13. The molecule has 0 aliphatic carbocycles. The molecule has 0 unspecified atom stereocenters. The number of amides is 1. The van der Waals surface area contributed by atoms with Gasteiger partial charge in [0.25, 0.3) is 0 Å². The van der Waals surface area contributed by atoms with Crippen LogP contribution in [0.3, 0.4) is 0 Å². The lowest BCUT2D eigenvalue weighted by atomic mass is 10.2. The van der Waals surface area contributed by atoms with E-state index in [-0.39, 0.29) is 11.7 Å². The molecule has 2 aromatic rings. The molecule has 148 valence electrons. The predicted molar refractivity (Wildman–Crippen MR) is 108 cm³/mol. The van der Waals surface area contributed by atoms with Crippen molar-refractivity contribution in [1.82, 2.24) is 19.8 Å². The minimum absolute atomic E-state index is 0.000295. The fourth-order valence-electron chi connectivity index (χ4n) is 3.12. The summed E-state index contributed by atoms with van der Waals surface area (Å²) in [4.78, 5) is 27.0. The Morgan fingerprint density at radius 3 is 2.50 bits per heavy atom. The largest absolute Gasteiger partial charge is 0.347 e. The van der Waals surface area contributed by atoms with E-state index in [1.54, 1.807) is 24.5 Å². The maximum absolute atomic E-state index is 13.0. The van der Waals surface area contributed by atoms with E-state index in [2.05, 4.69) is 14.9 Å². The number of hydrogen-bond donors (Lipinski definition) is 0. The third-order valence-corrected chi connectivity index (χ3v) is 4.70. The number of benzene rings is 1. The van der Waals surface area contributed by atoms with Gasteiger partial charge in [-0.25, -0.2) is 14.4 Å². The molecule has 0 saturated carbocycles. The van der Waals surface area contributed by atoms with Gasteiger partial charge in [0.15, 0.2) is 0 Å². The van der Waals surface area contributed by atoms with E-state index in [0.717, 1.165) is 43.7 Å². The molecule has 3 rings (SSSR count). The van der Waals surface area contributed by atoms with Crippen molar-refractivity contribution in [2.75, 3.05) is 45.2 Å². The standard InChI is InChI=1S/C21H26FN5O/c1-25(2)21-23-14-18(15-24-21)6-9-20(28)27-11-3-10-26(12-13-27)16-17-4-7-19(22)8-5-17/h4-9,14-15H,3,10-13,16H2,1-2H3/b9-6+. The SMILES string of the molecule is CN(C)c1ncc(/C=C/C(=O)N2CCCN(Cc3ccc(F)cc3)CC2)cn1. The van der Waals surface area contributed by atoms with Gasteiger partial charge in [0.2, 0.25) is 11.9 Å². The van der Waals surface area contributed by atoms with E-state index in [1.807, 2.05) is 36.0 Å². The van der Waals surface area contributed by atoms with Crippen LogP contribution in [0.4, 0.5) is 10.3 Å². The average Bonchev–Trinajstić information content (AvgIpc) is 2.94. The van der Waals surface area contributed by atoms with Crippen LogP contribution in [0.5, 0.6) is 0 Å². The van der Waals surface area contributed by atoms with E-state index in [1.165, 1.54) is 12.1 Å². The van der Waals surface area contributed by atoms with E-state index in [0.29, 0.717) is 12.5 Å². The van der Waals surface area contributed by atoms with Gasteiger partial charge in [-0.15, -0.1) is 0 Å². The minimum Gasteiger partial charge on any atom is -0.347 e. The van der Waals surface area contributed by atoms with Gasteiger partial charge >= 0.3 is 0 Å². The van der Waals surface area contributed by atoms with Gasteiger partial charge in [-0.2, -0.15) is 0 Å². The molecule has 1 aromatic carbocycles. The quantitative estimate of drug-likeness (QED) is 0.743. The highest BCUT2D eigenvalue weighted by Crippen LogP contribution is 2.11. The molecule has 1 aliphatic rings. The molecular formula is C21H26FN5O. The molecule has 1 fully saturated rings. The Balaban J connectivity index is 1.52. The third-order valence-electron chi connectivity index (χ3n) is 4.70. The van der Waals surface area contributed by atoms with Gasteiger partial charge in [-0.1, -0.05) is 12.1 Å². The summed E-state index contributed by atoms with van der Waals surface area (Å²) in [6, 6.07) is 6.61. The topological polar surface area (TPSA) is 52.6 Å². The fraction of sp³-hybridized carbons (Fsp3) is 0.381. The van der Waals surface area contributed by atoms with Crippen LogP contribution in [0, 0.1) is 5.82 Å². The second-order valence-electron chi connectivity index (χ2n) is 7.13. The molecule has 1 saturated heterocycles. The maximum Gasteiger partial charge on any atom is 0.246 e. The van der Waals surface area contributed by atoms with E-state index >= 15 is 0 Å². The van der Waals surface area contributed by atoms with Gasteiger partial charge in [-0.3, -0.25) is 9.69 Å². The molecule has 7 heteroatoms. The Morgan fingerprint density at radius 2 is 1.82 bits per heavy atom. The van der Waals surface area contributed by atoms with Crippen molar-refractivity contribution in [2.24, 2.45) is 0 Å². The zero-order valence-corrected chi connectivity index (χ0v) is 16.4. The second kappa shape index (κ2) is 9.41. The summed E-state index contributed by atoms with van der Waals surface area (Å²) in [5, 5.41) is 0. The Hall–Kier alpha value is -2.80. The van der Waals surface area contributed by atoms with Crippen LogP contribution in [-0.2, 0) is 11.3 Å². The number of rotatable bonds is 5. The number of aromatic nitrogens is 2. The first-order valence-electron chi connectivity index (χ1n) is 9.44. The summed E-state index contributed by atoms with van der Waals surface area (Å²) >= 11 is 0. The highest BCUT2D eigenvalue weighted by molar-refractivity contribution is 5.91. The van der Waals surface area contributed by atoms with Crippen molar-refractivity contribution in [3.8, 4) is 0 Å². The average molecular weight is 383 g/mol. The van der Waals surface area contributed by atoms with Crippen LogP contribution in [-0.4, -0.2) is 65.9 Å². The number of nitrogens with zero attached hydrogens (tertiary/aromatic N) is 5. The van der Waals surface area contributed by atoms with Crippen LogP contribution in [0.2, 0.25) is 0 Å². The number of carbonyl (C=O) groups is 1. The van der Waals surface area contributed by atoms with Gasteiger partial charge in [0.05, 0.1) is 0 Å². The molecular weight excluding hydrogens is 357 g/mol. The summed E-state index contributed by atoms with van der Waals surface area (Å²) < 4.78 is 13.0. The first kappa shape index (κ1) is 19.9. The van der Waals surface area contributed by atoms with E-state index in [4.69, 9.17) is 0 Å². The molecule has 1 amide bonds. The third kappa shape index (κ3) is 5.60. The van der Waals surface area contributed by atoms with Gasteiger partial charge in [0, 0.05) is 70.9 Å². The van der Waals surface area contributed by atoms with Gasteiger partial charge in [-0.05, 0) is 30.2 Å². The first-order valence-corrected chi connectivity index (χ1v) is 9.44. The van der Waals surface area contributed by atoms with Crippen LogP contribution in [0.1, 0.15) is 17.5 Å². The van der Waals surface area contributed by atoms with E-state index in [9.17, 15) is 9.18 Å². The van der Waals surface area contributed by atoms with Gasteiger partial charge in [0.1, 0.15) is 5.82 Å². The summed E-state index contributed by atoms with van der Waals surface area (Å²) in [5.74, 6) is 0.419. The Labute approximate surface area is 165 Å². The van der Waals surface area contributed by atoms with Crippen molar-refractivity contribution in [3.05, 3.63) is 59.7 Å². The summed E-state index contributed by atoms with van der Waals surface area (Å²) in [6.45, 7) is 3.91. The lowest BCUT2D eigenvalue weighted by Crippen LogP contribution is -2.34. The Kier molecular flexibility index (Phi) is 6.71. The predicted octanol–water partition coefficient (Wildman–Crippen LogP) is 2.43. The van der Waals surface area contributed by atoms with E-state index < -0.39 is 0 Å². The summed E-state index contributed by atoms with van der Waals surface area (Å²) in [6.07, 6.45) is 7.67. The molecule has 0 radical (unpaired) electrons. The Morgan fingerprint density at radius 1 is 1.11 bits per heavy atom. The number of carbonyl (C=O) groups excluding carboxylic acids is 1. The van der Waals surface area contributed by atoms with Crippen LogP contribution < -0.4 is 4.90 Å². The van der Waals surface area contributed by atoms with Crippen molar-refractivity contribution in [2.45, 2.75) is 13.0 Å². The number of anilines is 1. The zero-order chi connectivity index (χ0) is 19.9. The summed E-state index contributed by atoms with van der Waals surface area (Å²) in [5.41, 5.74) is 1.88. The molecule has 1 aliphatic heterocycles. The molecule has 28 heavy (non-hydrogen) atoms. The highest BCUT2D eigenvalue weighted by atomic mass is 19.1. The molecule has 1 aromatic heterocycles. The fourth-order valence-corrected chi connectivity index (χ4v) is 3.12. The number of hydrogen-bond acceptors (Lipinski definition) is 5. The zero-order valence-electron chi connectivity index (χ0n) is 16.4. The lowest BCUT2D eigenvalue weighted by molar-refractivity contribution is -0.125. The lowest BCUT2D eigenvalue weighted by Gasteiger charge is -2.21. The normalized spacial score (nSPS) is 15.6. The molecule has 0 bridgehead atoms. The monoisotopic (exact) mass is 383 g/mol. The van der Waals surface area contributed by atoms with Crippen molar-refractivity contribution in [1.29, 1.82) is 0 Å². The summed E-state index contributed by atoms with van der Waals surface area (Å²) in [7, 11) is 3.76. The molecule has 2 heterocycles. The highest BCUT2D eigenvalue weighted by Gasteiger charge is 2.17. The van der Waals surface area contributed by atoms with Crippen LogP contribution >= 0.6 is 0 Å². The molecule has 0 N–H and O–H groups in total. The molecule has 0 spiro atoms. The van der Waals surface area contributed by atoms with Gasteiger partial charge < -0.3 is 9.80 Å². The van der Waals surface area contributed by atoms with Crippen molar-refractivity contribution in [3.63, 3.8) is 0 Å². The van der Waals surface area contributed by atoms with Crippen LogP contribution in [0.15, 0.2) is 42.7 Å².